The van der Waals surface area contributed by atoms with Gasteiger partial charge in [0.1, 0.15) is 11.5 Å². The van der Waals surface area contributed by atoms with Crippen molar-refractivity contribution in [3.8, 4) is 11.5 Å². The average molecular weight is 420 g/mol. The number of hydrogen-bond donors (Lipinski definition) is 3. The normalized spacial score (nSPS) is 10.5. The van der Waals surface area contributed by atoms with Crippen molar-refractivity contribution in [3.63, 3.8) is 0 Å². The second-order valence-corrected chi connectivity index (χ2v) is 6.19. The summed E-state index contributed by atoms with van der Waals surface area (Å²) in [5.41, 5.74) is 3.37. The SMILES string of the molecule is COc1ccc(O)c(/C=N/NC(=O)CCC(=O)Nc2ccc(Br)cc2)c1. The summed E-state index contributed by atoms with van der Waals surface area (Å²) in [6, 6.07) is 11.8. The van der Waals surface area contributed by atoms with Crippen LogP contribution in [-0.2, 0) is 9.59 Å². The highest BCUT2D eigenvalue weighted by molar-refractivity contribution is 9.10. The Morgan fingerprint density at radius 1 is 1.15 bits per heavy atom. The lowest BCUT2D eigenvalue weighted by Gasteiger charge is -2.05. The number of hydrogen-bond acceptors (Lipinski definition) is 5. The quantitative estimate of drug-likeness (QED) is 0.474. The van der Waals surface area contributed by atoms with Crippen LogP contribution in [0.4, 0.5) is 5.69 Å². The van der Waals surface area contributed by atoms with Crippen molar-refractivity contribution in [1.29, 1.82) is 0 Å². The van der Waals surface area contributed by atoms with E-state index in [1.165, 1.54) is 19.4 Å². The molecule has 2 aromatic carbocycles. The van der Waals surface area contributed by atoms with Gasteiger partial charge in [-0.2, -0.15) is 5.10 Å². The summed E-state index contributed by atoms with van der Waals surface area (Å²) in [5, 5.41) is 16.2. The number of nitrogens with zero attached hydrogens (tertiary/aromatic N) is 1. The number of rotatable bonds is 7. The number of hydrazone groups is 1. The van der Waals surface area contributed by atoms with Crippen molar-refractivity contribution in [2.45, 2.75) is 12.8 Å². The van der Waals surface area contributed by atoms with Crippen LogP contribution in [0.5, 0.6) is 11.5 Å². The van der Waals surface area contributed by atoms with E-state index in [4.69, 9.17) is 4.74 Å². The lowest BCUT2D eigenvalue weighted by atomic mass is 10.2. The zero-order valence-corrected chi connectivity index (χ0v) is 15.6. The van der Waals surface area contributed by atoms with Crippen molar-refractivity contribution >= 4 is 39.6 Å². The molecule has 2 amide bonds. The number of phenolic OH excluding ortho intramolecular Hbond substituents is 1. The van der Waals surface area contributed by atoms with Gasteiger partial charge < -0.3 is 15.2 Å². The molecule has 0 saturated carbocycles. The Labute approximate surface area is 159 Å². The van der Waals surface area contributed by atoms with E-state index in [0.717, 1.165) is 4.47 Å². The maximum absolute atomic E-state index is 11.8. The van der Waals surface area contributed by atoms with Gasteiger partial charge in [-0.3, -0.25) is 9.59 Å². The van der Waals surface area contributed by atoms with E-state index in [1.807, 2.05) is 12.1 Å². The molecule has 0 atom stereocenters. The van der Waals surface area contributed by atoms with Crippen LogP contribution >= 0.6 is 15.9 Å². The van der Waals surface area contributed by atoms with Crippen LogP contribution in [0.1, 0.15) is 18.4 Å². The molecule has 26 heavy (non-hydrogen) atoms. The van der Waals surface area contributed by atoms with Crippen LogP contribution in [-0.4, -0.2) is 30.2 Å². The highest BCUT2D eigenvalue weighted by atomic mass is 79.9. The molecule has 2 aromatic rings. The van der Waals surface area contributed by atoms with E-state index in [0.29, 0.717) is 17.0 Å². The molecule has 0 saturated heterocycles. The molecule has 0 bridgehead atoms. The van der Waals surface area contributed by atoms with Gasteiger partial charge >= 0.3 is 0 Å². The molecular weight excluding hydrogens is 402 g/mol. The fourth-order valence-corrected chi connectivity index (χ4v) is 2.24. The number of ether oxygens (including phenoxy) is 1. The maximum atomic E-state index is 11.8. The number of nitrogens with one attached hydrogen (secondary N) is 2. The van der Waals surface area contributed by atoms with E-state index in [-0.39, 0.29) is 24.5 Å². The summed E-state index contributed by atoms with van der Waals surface area (Å²) in [6.45, 7) is 0. The summed E-state index contributed by atoms with van der Waals surface area (Å²) in [4.78, 5) is 23.6. The molecule has 0 radical (unpaired) electrons. The Balaban J connectivity index is 1.78. The van der Waals surface area contributed by atoms with Gasteiger partial charge in [-0.1, -0.05) is 15.9 Å². The van der Waals surface area contributed by atoms with Gasteiger partial charge in [-0.25, -0.2) is 5.43 Å². The first-order valence-corrected chi connectivity index (χ1v) is 8.51. The average Bonchev–Trinajstić information content (AvgIpc) is 2.63. The van der Waals surface area contributed by atoms with Crippen molar-refractivity contribution in [2.75, 3.05) is 12.4 Å². The number of amides is 2. The van der Waals surface area contributed by atoms with Gasteiger partial charge in [0.25, 0.3) is 0 Å². The molecule has 8 heteroatoms. The van der Waals surface area contributed by atoms with E-state index in [2.05, 4.69) is 31.8 Å². The topological polar surface area (TPSA) is 100 Å². The third-order valence-electron chi connectivity index (χ3n) is 3.33. The molecular formula is C18H18BrN3O4. The number of benzene rings is 2. The van der Waals surface area contributed by atoms with Gasteiger partial charge in [0.2, 0.25) is 11.8 Å². The number of phenols is 1. The van der Waals surface area contributed by atoms with Crippen molar-refractivity contribution in [1.82, 2.24) is 5.43 Å². The number of halogens is 1. The number of methoxy groups -OCH3 is 1. The molecule has 0 heterocycles. The number of anilines is 1. The number of carbonyl (C=O) groups is 2. The molecule has 0 spiro atoms. The molecule has 0 aliphatic rings. The van der Waals surface area contributed by atoms with Crippen LogP contribution in [0.3, 0.4) is 0 Å². The zero-order chi connectivity index (χ0) is 18.9. The third kappa shape index (κ3) is 6.21. The van der Waals surface area contributed by atoms with Gasteiger partial charge in [0, 0.05) is 28.6 Å². The van der Waals surface area contributed by atoms with E-state index >= 15 is 0 Å². The number of carbonyl (C=O) groups excluding carboxylic acids is 2. The van der Waals surface area contributed by atoms with E-state index in [9.17, 15) is 14.7 Å². The third-order valence-corrected chi connectivity index (χ3v) is 3.86. The molecule has 0 fully saturated rings. The largest absolute Gasteiger partial charge is 0.507 e. The van der Waals surface area contributed by atoms with Crippen molar-refractivity contribution in [3.05, 3.63) is 52.5 Å². The fraction of sp³-hybridized carbons (Fsp3) is 0.167. The Kier molecular flexibility index (Phi) is 7.16. The minimum absolute atomic E-state index is 0.0101. The highest BCUT2D eigenvalue weighted by Gasteiger charge is 2.07. The second-order valence-electron chi connectivity index (χ2n) is 5.27. The van der Waals surface area contributed by atoms with Crippen LogP contribution in [0.25, 0.3) is 0 Å². The molecule has 0 aromatic heterocycles. The maximum Gasteiger partial charge on any atom is 0.240 e. The van der Waals surface area contributed by atoms with Crippen molar-refractivity contribution < 1.29 is 19.4 Å². The van der Waals surface area contributed by atoms with Crippen LogP contribution in [0, 0.1) is 0 Å². The highest BCUT2D eigenvalue weighted by Crippen LogP contribution is 2.21. The monoisotopic (exact) mass is 419 g/mol. The lowest BCUT2D eigenvalue weighted by molar-refractivity contribution is -0.124. The number of aromatic hydroxyl groups is 1. The smallest absolute Gasteiger partial charge is 0.240 e. The molecule has 2 rings (SSSR count). The van der Waals surface area contributed by atoms with Crippen LogP contribution in [0.15, 0.2) is 52.0 Å². The molecule has 7 nitrogen and oxygen atoms in total. The Bertz CT molecular complexity index is 807. The van der Waals surface area contributed by atoms with Crippen molar-refractivity contribution in [2.24, 2.45) is 5.10 Å². The predicted octanol–water partition coefficient (Wildman–Crippen LogP) is 3.03. The van der Waals surface area contributed by atoms with Gasteiger partial charge in [-0.15, -0.1) is 0 Å². The zero-order valence-electron chi connectivity index (χ0n) is 14.0. The first-order valence-electron chi connectivity index (χ1n) is 7.72. The first kappa shape index (κ1) is 19.5. The van der Waals surface area contributed by atoms with Crippen LogP contribution in [0.2, 0.25) is 0 Å². The molecule has 0 aliphatic carbocycles. The second kappa shape index (κ2) is 9.57. The minimum Gasteiger partial charge on any atom is -0.507 e. The Morgan fingerprint density at radius 3 is 2.54 bits per heavy atom. The summed E-state index contributed by atoms with van der Waals surface area (Å²) in [6.07, 6.45) is 1.32. The molecule has 0 aliphatic heterocycles. The standard InChI is InChI=1S/C18H18BrN3O4/c1-26-15-6-7-16(23)12(10-15)11-20-22-18(25)9-8-17(24)21-14-4-2-13(19)3-5-14/h2-7,10-11,23H,8-9H2,1H3,(H,21,24)(H,22,25)/b20-11+. The lowest BCUT2D eigenvalue weighted by Crippen LogP contribution is -2.20. The first-order chi connectivity index (χ1) is 12.5. The van der Waals surface area contributed by atoms with Gasteiger partial charge in [-0.05, 0) is 42.5 Å². The van der Waals surface area contributed by atoms with Crippen LogP contribution < -0.4 is 15.5 Å². The van der Waals surface area contributed by atoms with Gasteiger partial charge in [0.05, 0.1) is 13.3 Å². The molecule has 136 valence electrons. The summed E-state index contributed by atoms with van der Waals surface area (Å²) >= 11 is 3.31. The summed E-state index contributed by atoms with van der Waals surface area (Å²) in [5.74, 6) is -0.107. The van der Waals surface area contributed by atoms with Gasteiger partial charge in [0.15, 0.2) is 0 Å². The predicted molar refractivity (Wildman–Crippen MR) is 102 cm³/mol. The Hall–Kier alpha value is -2.87. The fourth-order valence-electron chi connectivity index (χ4n) is 1.98. The molecule has 3 N–H and O–H groups in total. The Morgan fingerprint density at radius 2 is 1.85 bits per heavy atom. The summed E-state index contributed by atoms with van der Waals surface area (Å²) < 4.78 is 5.96. The minimum atomic E-state index is -0.408. The van der Waals surface area contributed by atoms with E-state index in [1.54, 1.807) is 24.3 Å². The summed E-state index contributed by atoms with van der Waals surface area (Å²) in [7, 11) is 1.51. The molecule has 0 unspecified atom stereocenters. The van der Waals surface area contributed by atoms with E-state index < -0.39 is 5.91 Å².